The second-order valence-electron chi connectivity index (χ2n) is 7.13. The molecule has 2 unspecified atom stereocenters. The van der Waals surface area contributed by atoms with E-state index >= 15 is 0 Å². The summed E-state index contributed by atoms with van der Waals surface area (Å²) in [6.07, 6.45) is -0.247. The van der Waals surface area contributed by atoms with E-state index in [0.29, 0.717) is 0 Å². The molecule has 3 aromatic rings. The summed E-state index contributed by atoms with van der Waals surface area (Å²) in [4.78, 5) is 25.0. The lowest BCUT2D eigenvalue weighted by Crippen LogP contribution is -2.56. The second-order valence-corrected chi connectivity index (χ2v) is 7.13. The van der Waals surface area contributed by atoms with Crippen molar-refractivity contribution in [3.05, 3.63) is 83.9 Å². The van der Waals surface area contributed by atoms with Gasteiger partial charge in [0, 0.05) is 0 Å². The minimum atomic E-state index is -0.573. The number of rotatable bonds is 4. The number of hydrogen-bond donors (Lipinski definition) is 3. The average molecular weight is 373 g/mol. The number of benzene rings is 3. The fraction of sp³-hybridized carbons (Fsp3) is 0.217. The van der Waals surface area contributed by atoms with Gasteiger partial charge in [-0.3, -0.25) is 14.9 Å². The Kier molecular flexibility index (Phi) is 5.08. The summed E-state index contributed by atoms with van der Waals surface area (Å²) in [6.45, 7) is 1.97. The molecule has 3 N–H and O–H groups in total. The molecule has 1 fully saturated rings. The van der Waals surface area contributed by atoms with Gasteiger partial charge < -0.3 is 10.6 Å². The SMILES string of the molecule is C[C@H](NC(=O)C1CC(=O)NC(c2ccccc2)N1)c1cccc2ccccc12. The number of amides is 2. The first-order valence-corrected chi connectivity index (χ1v) is 9.50. The maximum Gasteiger partial charge on any atom is 0.238 e. The van der Waals surface area contributed by atoms with Gasteiger partial charge in [0.2, 0.25) is 11.8 Å². The van der Waals surface area contributed by atoms with E-state index in [1.807, 2.05) is 61.5 Å². The van der Waals surface area contributed by atoms with E-state index < -0.39 is 6.04 Å². The van der Waals surface area contributed by atoms with Gasteiger partial charge in [-0.1, -0.05) is 72.8 Å². The van der Waals surface area contributed by atoms with Crippen molar-refractivity contribution in [2.24, 2.45) is 0 Å². The molecular weight excluding hydrogens is 350 g/mol. The summed E-state index contributed by atoms with van der Waals surface area (Å²) in [5.41, 5.74) is 1.99. The highest BCUT2D eigenvalue weighted by molar-refractivity contribution is 5.91. The van der Waals surface area contributed by atoms with Crippen LogP contribution in [0.15, 0.2) is 72.8 Å². The molecule has 5 nitrogen and oxygen atoms in total. The number of fused-ring (bicyclic) bond motifs is 1. The molecule has 0 aliphatic carbocycles. The molecule has 1 saturated heterocycles. The van der Waals surface area contributed by atoms with Crippen LogP contribution >= 0.6 is 0 Å². The van der Waals surface area contributed by atoms with Crippen LogP contribution < -0.4 is 16.0 Å². The van der Waals surface area contributed by atoms with Crippen LogP contribution in [0.4, 0.5) is 0 Å². The average Bonchev–Trinajstić information content (AvgIpc) is 2.73. The van der Waals surface area contributed by atoms with Crippen LogP contribution in [0.2, 0.25) is 0 Å². The number of hydrogen-bond acceptors (Lipinski definition) is 3. The van der Waals surface area contributed by atoms with Crippen LogP contribution in [0.25, 0.3) is 10.8 Å². The van der Waals surface area contributed by atoms with Crippen molar-refractivity contribution < 1.29 is 9.59 Å². The zero-order valence-corrected chi connectivity index (χ0v) is 15.7. The molecule has 1 aliphatic heterocycles. The summed E-state index contributed by atoms with van der Waals surface area (Å²) >= 11 is 0. The van der Waals surface area contributed by atoms with Gasteiger partial charge in [0.15, 0.2) is 0 Å². The Morgan fingerprint density at radius 3 is 2.54 bits per heavy atom. The Hall–Kier alpha value is -3.18. The lowest BCUT2D eigenvalue weighted by Gasteiger charge is -2.32. The Morgan fingerprint density at radius 2 is 1.71 bits per heavy atom. The smallest absolute Gasteiger partial charge is 0.238 e. The molecule has 1 heterocycles. The minimum absolute atomic E-state index is 0.122. The van der Waals surface area contributed by atoms with Gasteiger partial charge in [-0.15, -0.1) is 0 Å². The molecule has 5 heteroatoms. The normalized spacial score (nSPS) is 20.4. The van der Waals surface area contributed by atoms with Gasteiger partial charge in [0.1, 0.15) is 6.17 Å². The maximum atomic E-state index is 12.9. The monoisotopic (exact) mass is 373 g/mol. The molecule has 3 aromatic carbocycles. The van der Waals surface area contributed by atoms with E-state index in [4.69, 9.17) is 0 Å². The van der Waals surface area contributed by atoms with Crippen LogP contribution in [-0.4, -0.2) is 17.9 Å². The minimum Gasteiger partial charge on any atom is -0.348 e. The number of carbonyl (C=O) groups excluding carboxylic acids is 2. The van der Waals surface area contributed by atoms with E-state index in [1.54, 1.807) is 0 Å². The molecule has 1 aliphatic rings. The van der Waals surface area contributed by atoms with Crippen LogP contribution in [0.5, 0.6) is 0 Å². The predicted molar refractivity (Wildman–Crippen MR) is 109 cm³/mol. The molecule has 0 saturated carbocycles. The second kappa shape index (κ2) is 7.82. The largest absolute Gasteiger partial charge is 0.348 e. The van der Waals surface area contributed by atoms with Crippen molar-refractivity contribution in [2.75, 3.05) is 0 Å². The molecule has 0 aromatic heterocycles. The first-order chi connectivity index (χ1) is 13.6. The molecule has 0 spiro atoms. The first kappa shape index (κ1) is 18.2. The highest BCUT2D eigenvalue weighted by atomic mass is 16.2. The van der Waals surface area contributed by atoms with Crippen molar-refractivity contribution in [1.29, 1.82) is 0 Å². The third-order valence-electron chi connectivity index (χ3n) is 5.16. The Balaban J connectivity index is 1.50. The standard InChI is InChI=1S/C23H23N3O2/c1-15(18-13-7-11-16-8-5-6-12-19(16)18)24-23(28)20-14-21(27)26-22(25-20)17-9-3-2-4-10-17/h2-13,15,20,22,25H,14H2,1H3,(H,24,28)(H,26,27)/t15-,20?,22?/m0/s1. The van der Waals surface area contributed by atoms with Crippen molar-refractivity contribution >= 4 is 22.6 Å². The Bertz CT molecular complexity index is 998. The van der Waals surface area contributed by atoms with Crippen LogP contribution in [-0.2, 0) is 9.59 Å². The van der Waals surface area contributed by atoms with Crippen LogP contribution in [0, 0.1) is 0 Å². The van der Waals surface area contributed by atoms with Gasteiger partial charge in [-0.2, -0.15) is 0 Å². The quantitative estimate of drug-likeness (QED) is 0.658. The van der Waals surface area contributed by atoms with Crippen molar-refractivity contribution in [2.45, 2.75) is 31.6 Å². The van der Waals surface area contributed by atoms with E-state index in [1.165, 1.54) is 0 Å². The van der Waals surface area contributed by atoms with Crippen molar-refractivity contribution in [3.63, 3.8) is 0 Å². The Morgan fingerprint density at radius 1 is 1.00 bits per heavy atom. The molecule has 0 bridgehead atoms. The molecule has 142 valence electrons. The van der Waals surface area contributed by atoms with Gasteiger partial charge >= 0.3 is 0 Å². The summed E-state index contributed by atoms with van der Waals surface area (Å²) in [5, 5.41) is 11.5. The van der Waals surface area contributed by atoms with Crippen molar-refractivity contribution in [3.8, 4) is 0 Å². The van der Waals surface area contributed by atoms with E-state index in [-0.39, 0.29) is 30.4 Å². The summed E-state index contributed by atoms with van der Waals surface area (Å²) in [5.74, 6) is -0.304. The van der Waals surface area contributed by atoms with Crippen molar-refractivity contribution in [1.82, 2.24) is 16.0 Å². The predicted octanol–water partition coefficient (Wildman–Crippen LogP) is 3.19. The van der Waals surface area contributed by atoms with Gasteiger partial charge in [0.05, 0.1) is 18.5 Å². The third-order valence-corrected chi connectivity index (χ3v) is 5.16. The third kappa shape index (κ3) is 3.75. The first-order valence-electron chi connectivity index (χ1n) is 9.50. The zero-order valence-electron chi connectivity index (χ0n) is 15.7. The zero-order chi connectivity index (χ0) is 19.5. The molecule has 0 radical (unpaired) electrons. The van der Waals surface area contributed by atoms with Gasteiger partial charge in [-0.25, -0.2) is 0 Å². The van der Waals surface area contributed by atoms with Gasteiger partial charge in [0.25, 0.3) is 0 Å². The molecule has 3 atom stereocenters. The molecule has 28 heavy (non-hydrogen) atoms. The van der Waals surface area contributed by atoms with Crippen LogP contribution in [0.3, 0.4) is 0 Å². The highest BCUT2D eigenvalue weighted by Gasteiger charge is 2.32. The lowest BCUT2D eigenvalue weighted by molar-refractivity contribution is -0.132. The maximum absolute atomic E-state index is 12.9. The summed E-state index contributed by atoms with van der Waals surface area (Å²) in [7, 11) is 0. The number of nitrogens with one attached hydrogen (secondary N) is 3. The van der Waals surface area contributed by atoms with Crippen LogP contribution in [0.1, 0.15) is 36.7 Å². The fourth-order valence-electron chi connectivity index (χ4n) is 3.72. The lowest BCUT2D eigenvalue weighted by atomic mass is 9.99. The molecular formula is C23H23N3O2. The number of carbonyl (C=O) groups is 2. The van der Waals surface area contributed by atoms with E-state index in [2.05, 4.69) is 34.1 Å². The highest BCUT2D eigenvalue weighted by Crippen LogP contribution is 2.24. The summed E-state index contributed by atoms with van der Waals surface area (Å²) < 4.78 is 0. The summed E-state index contributed by atoms with van der Waals surface area (Å²) in [6, 6.07) is 23.1. The van der Waals surface area contributed by atoms with E-state index in [9.17, 15) is 9.59 Å². The topological polar surface area (TPSA) is 70.2 Å². The fourth-order valence-corrected chi connectivity index (χ4v) is 3.72. The van der Waals surface area contributed by atoms with Gasteiger partial charge in [-0.05, 0) is 28.8 Å². The molecule has 4 rings (SSSR count). The molecule has 2 amide bonds. The van der Waals surface area contributed by atoms with E-state index in [0.717, 1.165) is 21.9 Å². The Labute approximate surface area is 164 Å².